The molecule has 7 nitrogen and oxygen atoms in total. The molecule has 0 aliphatic carbocycles. The molecule has 176 valence electrons. The van der Waals surface area contributed by atoms with Crippen LogP contribution in [0.25, 0.3) is 17.3 Å². The fourth-order valence-corrected chi connectivity index (χ4v) is 5.22. The quantitative estimate of drug-likeness (QED) is 0.264. The van der Waals surface area contributed by atoms with Crippen molar-refractivity contribution in [3.8, 4) is 17.3 Å². The predicted octanol–water partition coefficient (Wildman–Crippen LogP) is 5.91. The molecular weight excluding hydrogens is 485 g/mol. The topological polar surface area (TPSA) is 85.8 Å². The second-order valence-electron chi connectivity index (χ2n) is 7.59. The van der Waals surface area contributed by atoms with Gasteiger partial charge in [-0.05, 0) is 36.8 Å². The molecule has 0 saturated heterocycles. The molecular formula is C25H20FN5O2S2. The number of hydrogen-bond acceptors (Lipinski definition) is 7. The van der Waals surface area contributed by atoms with Gasteiger partial charge >= 0.3 is 0 Å². The maximum absolute atomic E-state index is 14.7. The van der Waals surface area contributed by atoms with Gasteiger partial charge in [0.25, 0.3) is 5.91 Å². The minimum Gasteiger partial charge on any atom is -0.461 e. The van der Waals surface area contributed by atoms with Crippen molar-refractivity contribution < 1.29 is 13.6 Å². The van der Waals surface area contributed by atoms with E-state index in [1.54, 1.807) is 40.3 Å². The highest BCUT2D eigenvalue weighted by Gasteiger charge is 2.21. The van der Waals surface area contributed by atoms with E-state index in [-0.39, 0.29) is 11.9 Å². The summed E-state index contributed by atoms with van der Waals surface area (Å²) in [7, 11) is 0. The number of thioether (sulfide) groups is 1. The maximum atomic E-state index is 14.7. The standard InChI is InChI=1S/C25H20FN5O2S2/c1-16(17-8-3-2-4-9-17)27-24(32)19-14-34-22(28-19)15-35-25-30-29-23(21-12-7-13-33-21)31(25)20-11-6-5-10-18(20)26/h2-14,16H,15H2,1H3,(H,27,32). The highest BCUT2D eigenvalue weighted by molar-refractivity contribution is 7.98. The predicted molar refractivity (Wildman–Crippen MR) is 133 cm³/mol. The Bertz CT molecular complexity index is 1430. The number of furan rings is 1. The third-order valence-corrected chi connectivity index (χ3v) is 7.20. The molecule has 1 amide bonds. The zero-order valence-corrected chi connectivity index (χ0v) is 20.2. The maximum Gasteiger partial charge on any atom is 0.271 e. The number of thiazole rings is 1. The highest BCUT2D eigenvalue weighted by Crippen LogP contribution is 2.31. The minimum atomic E-state index is -0.400. The van der Waals surface area contributed by atoms with Crippen molar-refractivity contribution in [2.45, 2.75) is 23.9 Å². The molecule has 5 aromatic rings. The van der Waals surface area contributed by atoms with Gasteiger partial charge in [-0.1, -0.05) is 54.2 Å². The number of aromatic nitrogens is 4. The first-order chi connectivity index (χ1) is 17.1. The van der Waals surface area contributed by atoms with Crippen LogP contribution in [0.4, 0.5) is 4.39 Å². The van der Waals surface area contributed by atoms with Crippen molar-refractivity contribution in [2.75, 3.05) is 0 Å². The normalized spacial score (nSPS) is 11.9. The average molecular weight is 506 g/mol. The zero-order chi connectivity index (χ0) is 24.2. The van der Waals surface area contributed by atoms with Crippen LogP contribution in [0.3, 0.4) is 0 Å². The fourth-order valence-electron chi connectivity index (χ4n) is 3.48. The molecule has 1 N–H and O–H groups in total. The first kappa shape index (κ1) is 23.0. The molecule has 5 rings (SSSR count). The largest absolute Gasteiger partial charge is 0.461 e. The molecule has 1 atom stereocenters. The fraction of sp³-hybridized carbons (Fsp3) is 0.120. The number of nitrogens with zero attached hydrogens (tertiary/aromatic N) is 4. The summed E-state index contributed by atoms with van der Waals surface area (Å²) in [6, 6.07) is 19.5. The number of para-hydroxylation sites is 1. The van der Waals surface area contributed by atoms with E-state index in [4.69, 9.17) is 4.42 Å². The Balaban J connectivity index is 1.33. The summed E-state index contributed by atoms with van der Waals surface area (Å²) < 4.78 is 21.8. The summed E-state index contributed by atoms with van der Waals surface area (Å²) in [6.07, 6.45) is 1.53. The summed E-state index contributed by atoms with van der Waals surface area (Å²) >= 11 is 2.74. The lowest BCUT2D eigenvalue weighted by atomic mass is 10.1. The number of benzene rings is 2. The summed E-state index contributed by atoms with van der Waals surface area (Å²) in [5, 5.41) is 14.4. The van der Waals surface area contributed by atoms with Gasteiger partial charge in [0.1, 0.15) is 16.5 Å². The molecule has 0 aliphatic rings. The van der Waals surface area contributed by atoms with E-state index in [9.17, 15) is 9.18 Å². The van der Waals surface area contributed by atoms with Gasteiger partial charge in [-0.25, -0.2) is 9.37 Å². The van der Waals surface area contributed by atoms with Crippen molar-refractivity contribution in [1.29, 1.82) is 0 Å². The van der Waals surface area contributed by atoms with E-state index in [0.29, 0.717) is 33.9 Å². The third-order valence-electron chi connectivity index (χ3n) is 5.22. The Morgan fingerprint density at radius 1 is 1.11 bits per heavy atom. The second-order valence-corrected chi connectivity index (χ2v) is 9.48. The van der Waals surface area contributed by atoms with E-state index in [2.05, 4.69) is 20.5 Å². The van der Waals surface area contributed by atoms with Crippen LogP contribution in [0.2, 0.25) is 0 Å². The van der Waals surface area contributed by atoms with Gasteiger partial charge in [0.15, 0.2) is 10.9 Å². The van der Waals surface area contributed by atoms with Crippen LogP contribution in [0.5, 0.6) is 0 Å². The van der Waals surface area contributed by atoms with Gasteiger partial charge < -0.3 is 9.73 Å². The first-order valence-electron chi connectivity index (χ1n) is 10.8. The van der Waals surface area contributed by atoms with Crippen LogP contribution >= 0.6 is 23.1 Å². The van der Waals surface area contributed by atoms with Gasteiger partial charge in [0.2, 0.25) is 5.82 Å². The minimum absolute atomic E-state index is 0.137. The molecule has 0 radical (unpaired) electrons. The summed E-state index contributed by atoms with van der Waals surface area (Å²) in [5.41, 5.74) is 1.70. The smallest absolute Gasteiger partial charge is 0.271 e. The third kappa shape index (κ3) is 5.03. The number of carbonyl (C=O) groups excluding carboxylic acids is 1. The lowest BCUT2D eigenvalue weighted by molar-refractivity contribution is 0.0935. The monoisotopic (exact) mass is 505 g/mol. The SMILES string of the molecule is CC(NC(=O)c1csc(CSc2nnc(-c3ccco3)n2-c2ccccc2F)n1)c1ccccc1. The number of halogens is 1. The molecule has 1 unspecified atom stereocenters. The van der Waals surface area contributed by atoms with Crippen LogP contribution in [0.15, 0.2) is 87.9 Å². The molecule has 35 heavy (non-hydrogen) atoms. The molecule has 0 spiro atoms. The van der Waals surface area contributed by atoms with Crippen molar-refractivity contribution in [3.63, 3.8) is 0 Å². The van der Waals surface area contributed by atoms with Gasteiger partial charge in [-0.15, -0.1) is 21.5 Å². The van der Waals surface area contributed by atoms with Gasteiger partial charge in [0.05, 0.1) is 23.7 Å². The van der Waals surface area contributed by atoms with Crippen LogP contribution in [-0.4, -0.2) is 25.7 Å². The molecule has 0 saturated carbocycles. The van der Waals surface area contributed by atoms with Gasteiger partial charge in [0, 0.05) is 5.38 Å². The summed E-state index contributed by atoms with van der Waals surface area (Å²) in [4.78, 5) is 17.2. The van der Waals surface area contributed by atoms with Crippen molar-refractivity contribution in [3.05, 3.63) is 100 Å². The summed E-state index contributed by atoms with van der Waals surface area (Å²) in [5.74, 6) is 0.688. The van der Waals surface area contributed by atoms with Gasteiger partial charge in [-0.2, -0.15) is 0 Å². The van der Waals surface area contributed by atoms with Crippen LogP contribution in [0, 0.1) is 5.82 Å². The molecule has 0 bridgehead atoms. The van der Waals surface area contributed by atoms with E-state index >= 15 is 0 Å². The number of carbonyl (C=O) groups is 1. The molecule has 2 aromatic carbocycles. The summed E-state index contributed by atoms with van der Waals surface area (Å²) in [6.45, 7) is 1.93. The zero-order valence-electron chi connectivity index (χ0n) is 18.6. The van der Waals surface area contributed by atoms with Crippen LogP contribution in [0.1, 0.15) is 34.0 Å². The number of amides is 1. The Kier molecular flexibility index (Phi) is 6.73. The van der Waals surface area contributed by atoms with E-state index in [1.165, 1.54) is 35.4 Å². The number of rotatable bonds is 8. The number of nitrogens with one attached hydrogen (secondary N) is 1. The lowest BCUT2D eigenvalue weighted by Gasteiger charge is -2.13. The molecule has 3 aromatic heterocycles. The molecule has 0 fully saturated rings. The Morgan fingerprint density at radius 2 is 1.91 bits per heavy atom. The Labute approximate surface area is 209 Å². The second kappa shape index (κ2) is 10.2. The van der Waals surface area contributed by atoms with Crippen LogP contribution in [-0.2, 0) is 5.75 Å². The Hall–Kier alpha value is -3.76. The molecule has 3 heterocycles. The van der Waals surface area contributed by atoms with E-state index in [1.807, 2.05) is 37.3 Å². The Morgan fingerprint density at radius 3 is 2.69 bits per heavy atom. The average Bonchev–Trinajstić information content (AvgIpc) is 3.64. The first-order valence-corrected chi connectivity index (χ1v) is 12.6. The van der Waals surface area contributed by atoms with Crippen molar-refractivity contribution in [1.82, 2.24) is 25.1 Å². The lowest BCUT2D eigenvalue weighted by Crippen LogP contribution is -2.26. The highest BCUT2D eigenvalue weighted by atomic mass is 32.2. The van der Waals surface area contributed by atoms with E-state index in [0.717, 1.165) is 10.6 Å². The van der Waals surface area contributed by atoms with Crippen LogP contribution < -0.4 is 5.32 Å². The van der Waals surface area contributed by atoms with Crippen molar-refractivity contribution in [2.24, 2.45) is 0 Å². The van der Waals surface area contributed by atoms with Gasteiger partial charge in [-0.3, -0.25) is 9.36 Å². The molecule has 0 aliphatic heterocycles. The van der Waals surface area contributed by atoms with E-state index < -0.39 is 5.82 Å². The number of hydrogen-bond donors (Lipinski definition) is 1. The molecule has 10 heteroatoms. The van der Waals surface area contributed by atoms with Crippen molar-refractivity contribution >= 4 is 29.0 Å².